The van der Waals surface area contributed by atoms with Crippen LogP contribution in [0.1, 0.15) is 125 Å². The molecule has 4 amide bonds. The highest BCUT2D eigenvalue weighted by atomic mass is 16.6. The SMILES string of the molecule is CCn1nc(C)cc1C(=O)Nc1nc2cc(C(N)=O)cc(OCCCc3c(C)nn(CC)c3C(=O)O)c2n1CC=CCn1c2nc(-c3cc(C)nn3CC)ncc2c2cc(C(N)=O)cc(OCCCNC(=O)OCCC(=O)OC(C)(C)C)c21. The van der Waals surface area contributed by atoms with Crippen molar-refractivity contribution in [3.8, 4) is 23.0 Å². The molecule has 0 radical (unpaired) electrons. The summed E-state index contributed by atoms with van der Waals surface area (Å²) in [6.07, 6.45) is 5.62. The molecule has 6 heterocycles. The van der Waals surface area contributed by atoms with Gasteiger partial charge in [0.2, 0.25) is 17.8 Å². The van der Waals surface area contributed by atoms with Crippen LogP contribution in [0.5, 0.6) is 11.5 Å². The normalized spacial score (nSPS) is 11.7. The number of ether oxygens (including phenoxy) is 4. The molecule has 0 saturated carbocycles. The number of allylic oxidation sites excluding steroid dienone is 2. The Morgan fingerprint density at radius 3 is 2.02 bits per heavy atom. The topological polar surface area (TPSA) is 338 Å². The smallest absolute Gasteiger partial charge is 0.407 e. The molecular weight excluding hydrogens is 1070 g/mol. The Labute approximate surface area is 477 Å². The summed E-state index contributed by atoms with van der Waals surface area (Å²) in [7, 11) is 0. The second-order valence-electron chi connectivity index (χ2n) is 20.5. The van der Waals surface area contributed by atoms with Crippen molar-refractivity contribution in [2.75, 3.05) is 31.7 Å². The number of nitrogens with one attached hydrogen (secondary N) is 2. The van der Waals surface area contributed by atoms with Crippen molar-refractivity contribution >= 4 is 74.7 Å². The Bertz CT molecular complexity index is 3820. The number of amides is 4. The minimum atomic E-state index is -1.09. The Morgan fingerprint density at radius 1 is 0.723 bits per heavy atom. The first kappa shape index (κ1) is 59.5. The van der Waals surface area contributed by atoms with E-state index in [1.165, 1.54) is 16.8 Å². The van der Waals surface area contributed by atoms with Gasteiger partial charge in [-0.3, -0.25) is 38.5 Å². The zero-order valence-electron chi connectivity index (χ0n) is 48.0. The van der Waals surface area contributed by atoms with Crippen molar-refractivity contribution in [3.05, 3.63) is 99.9 Å². The number of aryl methyl sites for hydroxylation is 6. The number of nitrogens with zero attached hydrogens (tertiary/aromatic N) is 11. The molecule has 0 fully saturated rings. The molecule has 0 spiro atoms. The highest BCUT2D eigenvalue weighted by molar-refractivity contribution is 6.12. The van der Waals surface area contributed by atoms with Crippen LogP contribution in [-0.2, 0) is 53.4 Å². The Hall–Kier alpha value is -9.62. The first-order chi connectivity index (χ1) is 39.6. The predicted molar refractivity (Wildman–Crippen MR) is 307 cm³/mol. The van der Waals surface area contributed by atoms with Gasteiger partial charge in [0, 0.05) is 72.9 Å². The van der Waals surface area contributed by atoms with Crippen LogP contribution in [0, 0.1) is 20.8 Å². The minimum Gasteiger partial charge on any atom is -0.491 e. The number of anilines is 1. The standard InChI is InChI=1S/C57H69N15O11/c1-10-70-41(25-32(4)65-70)51-61-31-39-38-27-35(49(58)74)29-43(81-23-16-19-60-56(79)82-24-18-45(73)83-57(7,8)9)46(38)68(52(39)63-51)20-13-14-21-69-48-40(62-55(69)64-53(76)42-26-33(5)66-71(42)11-2)28-36(50(59)75)30-44(48)80-22-15-17-37-34(6)67-72(12-3)47(37)54(77)78/h13-14,25-31H,10-12,15-24H2,1-9H3,(H2,58,74)(H2,59,75)(H,60,79)(H,77,78)(H,62,64,76). The van der Waals surface area contributed by atoms with E-state index < -0.39 is 41.4 Å². The zero-order valence-corrected chi connectivity index (χ0v) is 48.0. The van der Waals surface area contributed by atoms with Crippen LogP contribution in [0.25, 0.3) is 44.5 Å². The molecule has 0 aliphatic rings. The molecule has 0 unspecified atom stereocenters. The number of alkyl carbamates (subject to hydrolysis) is 1. The van der Waals surface area contributed by atoms with E-state index >= 15 is 0 Å². The van der Waals surface area contributed by atoms with Crippen LogP contribution in [0.2, 0.25) is 0 Å². The van der Waals surface area contributed by atoms with E-state index in [2.05, 4.69) is 25.9 Å². The quantitative estimate of drug-likeness (QED) is 0.0211. The molecule has 438 valence electrons. The maximum atomic E-state index is 14.1. The van der Waals surface area contributed by atoms with Crippen molar-refractivity contribution in [1.82, 2.24) is 58.7 Å². The van der Waals surface area contributed by atoms with Crippen molar-refractivity contribution in [3.63, 3.8) is 0 Å². The number of nitrogens with two attached hydrogens (primary N) is 2. The second-order valence-corrected chi connectivity index (χ2v) is 20.5. The summed E-state index contributed by atoms with van der Waals surface area (Å²) in [6.45, 7) is 18.1. The number of hydrogen-bond donors (Lipinski definition) is 5. The molecule has 0 atom stereocenters. The molecule has 26 nitrogen and oxygen atoms in total. The number of carbonyl (C=O) groups is 6. The third-order valence-electron chi connectivity index (χ3n) is 13.3. The average molecular weight is 1140 g/mol. The fourth-order valence-electron chi connectivity index (χ4n) is 9.67. The van der Waals surface area contributed by atoms with Crippen LogP contribution >= 0.6 is 0 Å². The number of aromatic nitrogens is 11. The molecule has 26 heteroatoms. The number of carbonyl (C=O) groups excluding carboxylic acids is 5. The number of carboxylic acid groups (broad SMARTS) is 1. The van der Waals surface area contributed by atoms with Crippen LogP contribution in [0.4, 0.5) is 10.7 Å². The van der Waals surface area contributed by atoms with Gasteiger partial charge in [0.15, 0.2) is 5.82 Å². The lowest BCUT2D eigenvalue weighted by Crippen LogP contribution is -2.28. The predicted octanol–water partition coefficient (Wildman–Crippen LogP) is 6.82. The van der Waals surface area contributed by atoms with E-state index in [-0.39, 0.29) is 74.4 Å². The highest BCUT2D eigenvalue weighted by Gasteiger charge is 2.26. The van der Waals surface area contributed by atoms with Gasteiger partial charge in [-0.05, 0) is 118 Å². The third kappa shape index (κ3) is 13.6. The fourth-order valence-corrected chi connectivity index (χ4v) is 9.67. The Morgan fingerprint density at radius 2 is 1.36 bits per heavy atom. The molecule has 2 aromatic carbocycles. The summed E-state index contributed by atoms with van der Waals surface area (Å²) in [5.74, 6) is -2.46. The van der Waals surface area contributed by atoms with Crippen molar-refractivity contribution in [1.29, 1.82) is 0 Å². The van der Waals surface area contributed by atoms with Crippen molar-refractivity contribution in [2.45, 2.75) is 126 Å². The summed E-state index contributed by atoms with van der Waals surface area (Å²) in [5, 5.41) is 30.3. The number of hydrogen-bond acceptors (Lipinski definition) is 16. The number of esters is 1. The molecule has 0 aliphatic heterocycles. The molecule has 0 aliphatic carbocycles. The monoisotopic (exact) mass is 1140 g/mol. The van der Waals surface area contributed by atoms with E-state index in [4.69, 9.17) is 45.4 Å². The number of fused-ring (bicyclic) bond motifs is 4. The summed E-state index contributed by atoms with van der Waals surface area (Å²) >= 11 is 0. The number of rotatable bonds is 26. The number of primary amides is 2. The maximum absolute atomic E-state index is 14.1. The molecule has 83 heavy (non-hydrogen) atoms. The molecular formula is C57H69N15O11. The van der Waals surface area contributed by atoms with Gasteiger partial charge >= 0.3 is 18.0 Å². The van der Waals surface area contributed by atoms with E-state index in [0.717, 1.165) is 5.69 Å². The molecule has 0 bridgehead atoms. The van der Waals surface area contributed by atoms with Gasteiger partial charge in [-0.1, -0.05) is 12.2 Å². The maximum Gasteiger partial charge on any atom is 0.407 e. The summed E-state index contributed by atoms with van der Waals surface area (Å²) in [4.78, 5) is 91.4. The van der Waals surface area contributed by atoms with E-state index in [9.17, 15) is 33.9 Å². The Kier molecular flexibility index (Phi) is 18.2. The van der Waals surface area contributed by atoms with Gasteiger partial charge in [-0.25, -0.2) is 24.5 Å². The minimum absolute atomic E-state index is 0.0774. The lowest BCUT2D eigenvalue weighted by molar-refractivity contribution is -0.155. The summed E-state index contributed by atoms with van der Waals surface area (Å²) < 4.78 is 31.8. The van der Waals surface area contributed by atoms with Crippen LogP contribution in [-0.4, -0.2) is 126 Å². The Balaban J connectivity index is 1.14. The highest BCUT2D eigenvalue weighted by Crippen LogP contribution is 2.37. The molecule has 6 aromatic heterocycles. The van der Waals surface area contributed by atoms with Gasteiger partial charge in [-0.2, -0.15) is 15.3 Å². The number of imidazole rings is 1. The van der Waals surface area contributed by atoms with Gasteiger partial charge in [0.05, 0.1) is 47.7 Å². The number of carboxylic acids is 1. The van der Waals surface area contributed by atoms with Gasteiger partial charge in [0.1, 0.15) is 52.0 Å². The fraction of sp³-hybridized carbons (Fsp3) is 0.404. The third-order valence-corrected chi connectivity index (χ3v) is 13.3. The van der Waals surface area contributed by atoms with Gasteiger partial charge in [-0.15, -0.1) is 0 Å². The van der Waals surface area contributed by atoms with Crippen LogP contribution in [0.3, 0.4) is 0 Å². The van der Waals surface area contributed by atoms with Crippen LogP contribution in [0.15, 0.2) is 54.7 Å². The van der Waals surface area contributed by atoms with E-state index in [0.29, 0.717) is 112 Å². The molecule has 0 saturated heterocycles. The van der Waals surface area contributed by atoms with Crippen LogP contribution < -0.4 is 31.6 Å². The first-order valence-electron chi connectivity index (χ1n) is 27.3. The molecule has 8 aromatic rings. The second kappa shape index (κ2) is 25.4. The van der Waals surface area contributed by atoms with Gasteiger partial charge < -0.3 is 50.0 Å². The lowest BCUT2D eigenvalue weighted by Gasteiger charge is -2.19. The average Bonchev–Trinajstić information content (AvgIpc) is 2.18. The summed E-state index contributed by atoms with van der Waals surface area (Å²) in [5.41, 5.74) is 16.8. The first-order valence-corrected chi connectivity index (χ1v) is 27.3. The van der Waals surface area contributed by atoms with Crippen molar-refractivity contribution in [2.24, 2.45) is 11.5 Å². The number of aromatic carboxylic acids is 1. The summed E-state index contributed by atoms with van der Waals surface area (Å²) in [6, 6.07) is 9.81. The van der Waals surface area contributed by atoms with E-state index in [1.54, 1.807) is 72.9 Å². The van der Waals surface area contributed by atoms with Gasteiger partial charge in [0.25, 0.3) is 5.91 Å². The lowest BCUT2D eigenvalue weighted by atomic mass is 10.1. The largest absolute Gasteiger partial charge is 0.491 e. The van der Waals surface area contributed by atoms with E-state index in [1.807, 2.05) is 50.5 Å². The van der Waals surface area contributed by atoms with Crippen molar-refractivity contribution < 1.29 is 52.8 Å². The molecule has 8 rings (SSSR count). The number of benzene rings is 2. The zero-order chi connectivity index (χ0) is 59.9. The molecule has 7 N–H and O–H groups in total.